The largest absolute Gasteiger partial charge is 0.493 e. The van der Waals surface area contributed by atoms with Crippen LogP contribution in [0.25, 0.3) is 0 Å². The number of carbonyl (C=O) groups excluding carboxylic acids is 2. The van der Waals surface area contributed by atoms with E-state index in [9.17, 15) is 18.0 Å². The molecule has 4 rings (SSSR count). The molecule has 0 aromatic heterocycles. The van der Waals surface area contributed by atoms with Gasteiger partial charge in [-0.15, -0.1) is 0 Å². The standard InChI is InChI=1S/C32H31Cl2N3O6S/c1-21-11-14-23(15-12-21)44(40,41)37(27-10-6-8-25(33)31(27)34)20-30(38)36-26-9-5-4-7-24(26)32(39)35-18-17-22-13-16-28(42-2)29(19-22)43-3/h4-16,19H,17-18,20H2,1-3H3,(H,35,39)(H,36,38). The molecule has 0 fully saturated rings. The van der Waals surface area contributed by atoms with Crippen LogP contribution in [0.4, 0.5) is 11.4 Å². The molecular formula is C32H31Cl2N3O6S. The van der Waals surface area contributed by atoms with E-state index in [0.29, 0.717) is 24.5 Å². The lowest BCUT2D eigenvalue weighted by Gasteiger charge is -2.25. The predicted molar refractivity (Wildman–Crippen MR) is 173 cm³/mol. The Kier molecular flexibility index (Phi) is 10.7. The number of methoxy groups -OCH3 is 2. The van der Waals surface area contributed by atoms with Crippen molar-refractivity contribution in [1.82, 2.24) is 5.32 Å². The fourth-order valence-corrected chi connectivity index (χ4v) is 6.26. The Hall–Kier alpha value is -4.25. The maximum atomic E-state index is 13.7. The zero-order chi connectivity index (χ0) is 31.9. The van der Waals surface area contributed by atoms with Crippen LogP contribution >= 0.6 is 23.2 Å². The summed E-state index contributed by atoms with van der Waals surface area (Å²) in [5.41, 5.74) is 2.26. The molecule has 2 N–H and O–H groups in total. The number of hydrogen-bond acceptors (Lipinski definition) is 6. The maximum Gasteiger partial charge on any atom is 0.264 e. The Balaban J connectivity index is 1.52. The van der Waals surface area contributed by atoms with Gasteiger partial charge in [0, 0.05) is 6.54 Å². The van der Waals surface area contributed by atoms with E-state index in [1.807, 2.05) is 19.1 Å². The average Bonchev–Trinajstić information content (AvgIpc) is 3.01. The predicted octanol–water partition coefficient (Wildman–Crippen LogP) is 6.13. The first-order chi connectivity index (χ1) is 21.0. The third kappa shape index (κ3) is 7.63. The number of para-hydroxylation sites is 1. The van der Waals surface area contributed by atoms with Gasteiger partial charge in [-0.3, -0.25) is 13.9 Å². The maximum absolute atomic E-state index is 13.7. The van der Waals surface area contributed by atoms with Crippen molar-refractivity contribution < 1.29 is 27.5 Å². The van der Waals surface area contributed by atoms with E-state index < -0.39 is 28.4 Å². The van der Waals surface area contributed by atoms with Crippen molar-refractivity contribution in [2.45, 2.75) is 18.2 Å². The third-order valence-corrected chi connectivity index (χ3v) is 9.27. The number of ether oxygens (including phenoxy) is 2. The molecule has 0 aliphatic heterocycles. The van der Waals surface area contributed by atoms with Gasteiger partial charge in [-0.2, -0.15) is 0 Å². The van der Waals surface area contributed by atoms with Crippen molar-refractivity contribution in [2.75, 3.05) is 36.9 Å². The molecule has 0 saturated carbocycles. The summed E-state index contributed by atoms with van der Waals surface area (Å²) in [6.07, 6.45) is 0.521. The van der Waals surface area contributed by atoms with Gasteiger partial charge in [-0.25, -0.2) is 8.42 Å². The second-order valence-corrected chi connectivity index (χ2v) is 12.3. The Morgan fingerprint density at radius 1 is 0.864 bits per heavy atom. The minimum absolute atomic E-state index is 0.0214. The summed E-state index contributed by atoms with van der Waals surface area (Å²) < 4.78 is 39.0. The van der Waals surface area contributed by atoms with Crippen molar-refractivity contribution in [3.05, 3.63) is 112 Å². The van der Waals surface area contributed by atoms with Gasteiger partial charge in [-0.1, -0.05) is 65.2 Å². The summed E-state index contributed by atoms with van der Waals surface area (Å²) in [6.45, 7) is 1.51. The molecule has 0 bridgehead atoms. The molecule has 12 heteroatoms. The van der Waals surface area contributed by atoms with Gasteiger partial charge < -0.3 is 20.1 Å². The zero-order valence-electron chi connectivity index (χ0n) is 24.3. The van der Waals surface area contributed by atoms with Crippen LogP contribution in [0.2, 0.25) is 10.0 Å². The van der Waals surface area contributed by atoms with Crippen molar-refractivity contribution in [3.8, 4) is 11.5 Å². The van der Waals surface area contributed by atoms with Gasteiger partial charge in [0.2, 0.25) is 5.91 Å². The molecule has 0 unspecified atom stereocenters. The molecule has 0 saturated heterocycles. The number of amides is 2. The van der Waals surface area contributed by atoms with E-state index >= 15 is 0 Å². The van der Waals surface area contributed by atoms with Crippen LogP contribution in [0.15, 0.2) is 89.8 Å². The van der Waals surface area contributed by atoms with Gasteiger partial charge >= 0.3 is 0 Å². The lowest BCUT2D eigenvalue weighted by molar-refractivity contribution is -0.114. The molecule has 0 aliphatic carbocycles. The highest BCUT2D eigenvalue weighted by Crippen LogP contribution is 2.35. The summed E-state index contributed by atoms with van der Waals surface area (Å²) in [5, 5.41) is 5.65. The van der Waals surface area contributed by atoms with Crippen molar-refractivity contribution in [1.29, 1.82) is 0 Å². The topological polar surface area (TPSA) is 114 Å². The molecule has 0 spiro atoms. The van der Waals surface area contributed by atoms with Crippen LogP contribution in [0.5, 0.6) is 11.5 Å². The number of nitrogens with one attached hydrogen (secondary N) is 2. The Labute approximate surface area is 266 Å². The van der Waals surface area contributed by atoms with Gasteiger partial charge in [0.15, 0.2) is 11.5 Å². The Morgan fingerprint density at radius 2 is 1.57 bits per heavy atom. The van der Waals surface area contributed by atoms with Crippen LogP contribution in [-0.4, -0.2) is 47.5 Å². The van der Waals surface area contributed by atoms with Crippen LogP contribution < -0.4 is 24.4 Å². The zero-order valence-corrected chi connectivity index (χ0v) is 26.6. The number of carbonyl (C=O) groups is 2. The number of halogens is 2. The van der Waals surface area contributed by atoms with Gasteiger partial charge in [-0.05, 0) is 67.4 Å². The second kappa shape index (κ2) is 14.5. The summed E-state index contributed by atoms with van der Waals surface area (Å²) in [6, 6.07) is 22.7. The van der Waals surface area contributed by atoms with E-state index in [1.54, 1.807) is 62.8 Å². The normalized spacial score (nSPS) is 11.0. The lowest BCUT2D eigenvalue weighted by atomic mass is 10.1. The van der Waals surface area contributed by atoms with E-state index in [0.717, 1.165) is 15.4 Å². The summed E-state index contributed by atoms with van der Waals surface area (Å²) in [5.74, 6) is 0.0837. The molecule has 0 radical (unpaired) electrons. The molecule has 0 aliphatic rings. The molecular weight excluding hydrogens is 625 g/mol. The minimum atomic E-state index is -4.24. The van der Waals surface area contributed by atoms with Crippen LogP contribution in [-0.2, 0) is 21.2 Å². The van der Waals surface area contributed by atoms with Crippen molar-refractivity contribution in [3.63, 3.8) is 0 Å². The fraction of sp³-hybridized carbons (Fsp3) is 0.188. The lowest BCUT2D eigenvalue weighted by Crippen LogP contribution is -2.38. The summed E-state index contributed by atoms with van der Waals surface area (Å²) in [7, 11) is -1.13. The summed E-state index contributed by atoms with van der Waals surface area (Å²) in [4.78, 5) is 26.5. The average molecular weight is 657 g/mol. The fourth-order valence-electron chi connectivity index (χ4n) is 4.38. The third-order valence-electron chi connectivity index (χ3n) is 6.69. The van der Waals surface area contributed by atoms with Crippen molar-refractivity contribution >= 4 is 56.4 Å². The number of hydrogen-bond donors (Lipinski definition) is 2. The minimum Gasteiger partial charge on any atom is -0.493 e. The van der Waals surface area contributed by atoms with E-state index in [4.69, 9.17) is 32.7 Å². The SMILES string of the molecule is COc1ccc(CCNC(=O)c2ccccc2NC(=O)CN(c2cccc(Cl)c2Cl)S(=O)(=O)c2ccc(C)cc2)cc1OC. The first-order valence-corrected chi connectivity index (χ1v) is 15.7. The Bertz CT molecular complexity index is 1760. The smallest absolute Gasteiger partial charge is 0.264 e. The second-order valence-electron chi connectivity index (χ2n) is 9.69. The molecule has 2 amide bonds. The monoisotopic (exact) mass is 655 g/mol. The van der Waals surface area contributed by atoms with Gasteiger partial charge in [0.1, 0.15) is 6.54 Å². The quantitative estimate of drug-likeness (QED) is 0.190. The Morgan fingerprint density at radius 3 is 2.27 bits per heavy atom. The van der Waals surface area contributed by atoms with Crippen molar-refractivity contribution in [2.24, 2.45) is 0 Å². The molecule has 4 aromatic carbocycles. The van der Waals surface area contributed by atoms with Crippen LogP contribution in [0.1, 0.15) is 21.5 Å². The molecule has 4 aromatic rings. The van der Waals surface area contributed by atoms with E-state index in [-0.39, 0.29) is 31.9 Å². The highest BCUT2D eigenvalue weighted by molar-refractivity contribution is 7.92. The van der Waals surface area contributed by atoms with Gasteiger partial charge in [0.25, 0.3) is 15.9 Å². The highest BCUT2D eigenvalue weighted by atomic mass is 35.5. The number of aryl methyl sites for hydroxylation is 1. The van der Waals surface area contributed by atoms with Crippen LogP contribution in [0.3, 0.4) is 0 Å². The highest BCUT2D eigenvalue weighted by Gasteiger charge is 2.30. The van der Waals surface area contributed by atoms with E-state index in [2.05, 4.69) is 10.6 Å². The first-order valence-electron chi connectivity index (χ1n) is 13.5. The summed E-state index contributed by atoms with van der Waals surface area (Å²) >= 11 is 12.6. The van der Waals surface area contributed by atoms with Gasteiger partial charge in [0.05, 0.1) is 46.1 Å². The molecule has 0 heterocycles. The number of nitrogens with zero attached hydrogens (tertiary/aromatic N) is 1. The van der Waals surface area contributed by atoms with Crippen LogP contribution in [0, 0.1) is 6.92 Å². The molecule has 0 atom stereocenters. The number of benzene rings is 4. The molecule has 44 heavy (non-hydrogen) atoms. The molecule has 230 valence electrons. The van der Waals surface area contributed by atoms with E-state index in [1.165, 1.54) is 24.3 Å². The number of rotatable bonds is 12. The number of sulfonamides is 1. The molecule has 9 nitrogen and oxygen atoms in total. The first kappa shape index (κ1) is 32.7. The number of anilines is 2.